The number of rotatable bonds is 3. The van der Waals surface area contributed by atoms with Crippen molar-refractivity contribution in [3.8, 4) is 11.5 Å². The van der Waals surface area contributed by atoms with Gasteiger partial charge in [-0.05, 0) is 25.5 Å². The average molecular weight is 219 g/mol. The Balaban J connectivity index is 1.67. The SMILES string of the molecule is c1cc2c(c(OCC3CCCN3)c1)OCC2. The molecule has 0 aliphatic carbocycles. The van der Waals surface area contributed by atoms with E-state index in [-0.39, 0.29) is 0 Å². The Labute approximate surface area is 95.8 Å². The second-order valence-corrected chi connectivity index (χ2v) is 4.45. The first-order valence-electron chi connectivity index (χ1n) is 6.04. The van der Waals surface area contributed by atoms with E-state index >= 15 is 0 Å². The molecule has 86 valence electrons. The fourth-order valence-corrected chi connectivity index (χ4v) is 2.39. The predicted molar refractivity (Wildman–Crippen MR) is 62.2 cm³/mol. The largest absolute Gasteiger partial charge is 0.489 e. The molecule has 3 rings (SSSR count). The van der Waals surface area contributed by atoms with Crippen molar-refractivity contribution in [3.05, 3.63) is 23.8 Å². The van der Waals surface area contributed by atoms with Gasteiger partial charge in [0.1, 0.15) is 6.61 Å². The summed E-state index contributed by atoms with van der Waals surface area (Å²) in [5, 5.41) is 3.43. The normalized spacial score (nSPS) is 22.9. The summed E-state index contributed by atoms with van der Waals surface area (Å²) in [5.74, 6) is 1.86. The second kappa shape index (κ2) is 4.34. The Bertz CT molecular complexity index is 372. The van der Waals surface area contributed by atoms with E-state index in [1.807, 2.05) is 12.1 Å². The van der Waals surface area contributed by atoms with Gasteiger partial charge in [0.05, 0.1) is 6.61 Å². The maximum Gasteiger partial charge on any atom is 0.164 e. The minimum Gasteiger partial charge on any atom is -0.489 e. The molecule has 1 N–H and O–H groups in total. The van der Waals surface area contributed by atoms with E-state index in [0.29, 0.717) is 6.04 Å². The van der Waals surface area contributed by atoms with E-state index in [0.717, 1.165) is 37.7 Å². The summed E-state index contributed by atoms with van der Waals surface area (Å²) < 4.78 is 11.4. The van der Waals surface area contributed by atoms with E-state index in [1.165, 1.54) is 18.4 Å². The number of benzene rings is 1. The maximum atomic E-state index is 5.85. The van der Waals surface area contributed by atoms with Gasteiger partial charge in [0.15, 0.2) is 11.5 Å². The molecular formula is C13H17NO2. The zero-order chi connectivity index (χ0) is 10.8. The van der Waals surface area contributed by atoms with E-state index in [2.05, 4.69) is 11.4 Å². The van der Waals surface area contributed by atoms with E-state index < -0.39 is 0 Å². The number of ether oxygens (including phenoxy) is 2. The molecular weight excluding hydrogens is 202 g/mol. The van der Waals surface area contributed by atoms with Gasteiger partial charge in [-0.25, -0.2) is 0 Å². The third-order valence-electron chi connectivity index (χ3n) is 3.28. The molecule has 3 nitrogen and oxygen atoms in total. The first-order valence-corrected chi connectivity index (χ1v) is 6.04. The van der Waals surface area contributed by atoms with Crippen molar-refractivity contribution in [1.29, 1.82) is 0 Å². The Morgan fingerprint density at radius 3 is 3.31 bits per heavy atom. The van der Waals surface area contributed by atoms with Crippen LogP contribution < -0.4 is 14.8 Å². The highest BCUT2D eigenvalue weighted by Gasteiger charge is 2.19. The molecule has 1 unspecified atom stereocenters. The predicted octanol–water partition coefficient (Wildman–Crippen LogP) is 1.75. The molecule has 1 saturated heterocycles. The van der Waals surface area contributed by atoms with Crippen molar-refractivity contribution in [2.24, 2.45) is 0 Å². The summed E-state index contributed by atoms with van der Waals surface area (Å²) in [4.78, 5) is 0. The van der Waals surface area contributed by atoms with Crippen LogP contribution in [0.2, 0.25) is 0 Å². The average Bonchev–Trinajstić information content (AvgIpc) is 2.97. The zero-order valence-corrected chi connectivity index (χ0v) is 9.37. The number of nitrogens with one attached hydrogen (secondary N) is 1. The highest BCUT2D eigenvalue weighted by Crippen LogP contribution is 2.35. The lowest BCUT2D eigenvalue weighted by Gasteiger charge is -2.14. The van der Waals surface area contributed by atoms with Crippen LogP contribution in [0, 0.1) is 0 Å². The van der Waals surface area contributed by atoms with Gasteiger partial charge in [-0.1, -0.05) is 12.1 Å². The van der Waals surface area contributed by atoms with Crippen molar-refractivity contribution < 1.29 is 9.47 Å². The summed E-state index contributed by atoms with van der Waals surface area (Å²) in [6.07, 6.45) is 3.49. The van der Waals surface area contributed by atoms with Gasteiger partial charge in [0, 0.05) is 18.0 Å². The van der Waals surface area contributed by atoms with Gasteiger partial charge in [0.25, 0.3) is 0 Å². The quantitative estimate of drug-likeness (QED) is 0.840. The van der Waals surface area contributed by atoms with Crippen molar-refractivity contribution in [1.82, 2.24) is 5.32 Å². The standard InChI is InChI=1S/C13H17NO2/c1-3-10-6-8-15-13(10)12(5-1)16-9-11-4-2-7-14-11/h1,3,5,11,14H,2,4,6-9H2. The van der Waals surface area contributed by atoms with Crippen LogP contribution in [0.15, 0.2) is 18.2 Å². The van der Waals surface area contributed by atoms with Crippen LogP contribution in [0.1, 0.15) is 18.4 Å². The van der Waals surface area contributed by atoms with Gasteiger partial charge in [-0.3, -0.25) is 0 Å². The fraction of sp³-hybridized carbons (Fsp3) is 0.538. The molecule has 1 aromatic carbocycles. The maximum absolute atomic E-state index is 5.85. The highest BCUT2D eigenvalue weighted by molar-refractivity contribution is 5.48. The summed E-state index contributed by atoms with van der Waals surface area (Å²) in [7, 11) is 0. The van der Waals surface area contributed by atoms with Crippen molar-refractivity contribution in [2.45, 2.75) is 25.3 Å². The molecule has 0 amide bonds. The zero-order valence-electron chi connectivity index (χ0n) is 9.37. The highest BCUT2D eigenvalue weighted by atomic mass is 16.5. The Morgan fingerprint density at radius 2 is 2.44 bits per heavy atom. The van der Waals surface area contributed by atoms with Crippen LogP contribution in [-0.4, -0.2) is 25.8 Å². The third kappa shape index (κ3) is 1.87. The summed E-state index contributed by atoms with van der Waals surface area (Å²) in [5.41, 5.74) is 1.27. The molecule has 2 aliphatic rings. The van der Waals surface area contributed by atoms with Crippen LogP contribution in [0.3, 0.4) is 0 Å². The molecule has 0 spiro atoms. The lowest BCUT2D eigenvalue weighted by atomic mass is 10.1. The van der Waals surface area contributed by atoms with Crippen molar-refractivity contribution >= 4 is 0 Å². The van der Waals surface area contributed by atoms with Gasteiger partial charge in [-0.15, -0.1) is 0 Å². The van der Waals surface area contributed by atoms with Gasteiger partial charge in [0.2, 0.25) is 0 Å². The molecule has 16 heavy (non-hydrogen) atoms. The Kier molecular flexibility index (Phi) is 2.70. The van der Waals surface area contributed by atoms with Crippen LogP contribution in [0.5, 0.6) is 11.5 Å². The molecule has 0 aromatic heterocycles. The van der Waals surface area contributed by atoms with E-state index in [4.69, 9.17) is 9.47 Å². The third-order valence-corrected chi connectivity index (χ3v) is 3.28. The van der Waals surface area contributed by atoms with Crippen LogP contribution in [-0.2, 0) is 6.42 Å². The molecule has 1 atom stereocenters. The van der Waals surface area contributed by atoms with Gasteiger partial charge in [-0.2, -0.15) is 0 Å². The molecule has 2 heterocycles. The van der Waals surface area contributed by atoms with Crippen LogP contribution in [0.4, 0.5) is 0 Å². The minimum absolute atomic E-state index is 0.511. The van der Waals surface area contributed by atoms with E-state index in [9.17, 15) is 0 Å². The lowest BCUT2D eigenvalue weighted by Crippen LogP contribution is -2.28. The Hall–Kier alpha value is -1.22. The molecule has 3 heteroatoms. The lowest BCUT2D eigenvalue weighted by molar-refractivity contribution is 0.258. The molecule has 0 saturated carbocycles. The van der Waals surface area contributed by atoms with Gasteiger partial charge < -0.3 is 14.8 Å². The summed E-state index contributed by atoms with van der Waals surface area (Å²) >= 11 is 0. The second-order valence-electron chi connectivity index (χ2n) is 4.45. The topological polar surface area (TPSA) is 30.5 Å². The van der Waals surface area contributed by atoms with Crippen molar-refractivity contribution in [2.75, 3.05) is 19.8 Å². The number of para-hydroxylation sites is 1. The monoisotopic (exact) mass is 219 g/mol. The first kappa shape index (κ1) is 9.97. The first-order chi connectivity index (χ1) is 7.93. The molecule has 2 aliphatic heterocycles. The number of hydrogen-bond acceptors (Lipinski definition) is 3. The number of hydrogen-bond donors (Lipinski definition) is 1. The summed E-state index contributed by atoms with van der Waals surface area (Å²) in [6.45, 7) is 2.66. The van der Waals surface area contributed by atoms with Crippen molar-refractivity contribution in [3.63, 3.8) is 0 Å². The number of fused-ring (bicyclic) bond motifs is 1. The Morgan fingerprint density at radius 1 is 1.44 bits per heavy atom. The molecule has 0 bridgehead atoms. The fourth-order valence-electron chi connectivity index (χ4n) is 2.39. The minimum atomic E-state index is 0.511. The summed E-state index contributed by atoms with van der Waals surface area (Å²) in [6, 6.07) is 6.67. The molecule has 0 radical (unpaired) electrons. The van der Waals surface area contributed by atoms with Gasteiger partial charge >= 0.3 is 0 Å². The van der Waals surface area contributed by atoms with Crippen LogP contribution in [0.25, 0.3) is 0 Å². The van der Waals surface area contributed by atoms with Crippen LogP contribution >= 0.6 is 0 Å². The van der Waals surface area contributed by atoms with E-state index in [1.54, 1.807) is 0 Å². The molecule has 1 fully saturated rings. The smallest absolute Gasteiger partial charge is 0.164 e. The molecule has 1 aromatic rings.